The highest BCUT2D eigenvalue weighted by atomic mass is 35.5. The lowest BCUT2D eigenvalue weighted by molar-refractivity contribution is -0.118. The first-order valence-corrected chi connectivity index (χ1v) is 14.2. The quantitative estimate of drug-likeness (QED) is 0.266. The number of aromatic nitrogens is 1. The van der Waals surface area contributed by atoms with E-state index >= 15 is 0 Å². The molecule has 3 aromatic carbocycles. The minimum atomic E-state index is -3.32. The number of benzene rings is 3. The van der Waals surface area contributed by atoms with Crippen molar-refractivity contribution in [3.8, 4) is 0 Å². The van der Waals surface area contributed by atoms with Gasteiger partial charge in [0.25, 0.3) is 0 Å². The number of halogens is 1. The highest BCUT2D eigenvalue weighted by Gasteiger charge is 2.21. The molecule has 0 fully saturated rings. The summed E-state index contributed by atoms with van der Waals surface area (Å²) < 4.78 is 24.6. The van der Waals surface area contributed by atoms with Crippen molar-refractivity contribution < 1.29 is 13.2 Å². The van der Waals surface area contributed by atoms with Crippen LogP contribution in [0.3, 0.4) is 0 Å². The fourth-order valence-electron chi connectivity index (χ4n) is 3.19. The molecule has 0 saturated heterocycles. The summed E-state index contributed by atoms with van der Waals surface area (Å²) in [7, 11) is -3.32. The molecule has 0 bridgehead atoms. The Bertz CT molecular complexity index is 1370. The fraction of sp³-hybridized carbons (Fsp3) is 0.167. The monoisotopic (exact) mass is 516 g/mol. The normalized spacial score (nSPS) is 11.6. The Hall–Kier alpha value is -2.39. The lowest BCUT2D eigenvalue weighted by atomic mass is 10.2. The van der Waals surface area contributed by atoms with E-state index in [-0.39, 0.29) is 10.8 Å². The summed E-state index contributed by atoms with van der Waals surface area (Å²) in [4.78, 5) is 20.9. The SMILES string of the molecule is CS(=O)(=O)c1ccc2nc(N(Cc3ccccc3)C(=O)CCSc3ccc(Cl)cc3)sc2c1. The number of anilines is 1. The van der Waals surface area contributed by atoms with E-state index in [2.05, 4.69) is 4.98 Å². The summed E-state index contributed by atoms with van der Waals surface area (Å²) in [5, 5.41) is 1.24. The van der Waals surface area contributed by atoms with E-state index in [1.807, 2.05) is 54.6 Å². The van der Waals surface area contributed by atoms with Gasteiger partial charge >= 0.3 is 0 Å². The Morgan fingerprint density at radius 1 is 1.06 bits per heavy atom. The van der Waals surface area contributed by atoms with Gasteiger partial charge in [0, 0.05) is 28.3 Å². The molecule has 0 unspecified atom stereocenters. The predicted octanol–water partition coefficient (Wildman–Crippen LogP) is 6.07. The number of thiazole rings is 1. The second-order valence-corrected chi connectivity index (χ2v) is 12.0. The molecule has 1 aromatic heterocycles. The number of fused-ring (bicyclic) bond motifs is 1. The molecule has 0 spiro atoms. The first-order valence-electron chi connectivity index (χ1n) is 10.1. The summed E-state index contributed by atoms with van der Waals surface area (Å²) >= 11 is 8.86. The average molecular weight is 517 g/mol. The maximum absolute atomic E-state index is 13.3. The number of rotatable bonds is 8. The maximum Gasteiger partial charge on any atom is 0.229 e. The van der Waals surface area contributed by atoms with Crippen LogP contribution < -0.4 is 4.90 Å². The molecule has 5 nitrogen and oxygen atoms in total. The van der Waals surface area contributed by atoms with Gasteiger partial charge in [-0.25, -0.2) is 13.4 Å². The number of thioether (sulfide) groups is 1. The van der Waals surface area contributed by atoms with Crippen LogP contribution in [0.4, 0.5) is 5.13 Å². The van der Waals surface area contributed by atoms with Gasteiger partial charge in [-0.15, -0.1) is 11.8 Å². The first kappa shape index (κ1) is 23.8. The van der Waals surface area contributed by atoms with Crippen LogP contribution in [-0.2, 0) is 21.2 Å². The van der Waals surface area contributed by atoms with Gasteiger partial charge in [-0.1, -0.05) is 53.3 Å². The lowest BCUT2D eigenvalue weighted by Crippen LogP contribution is -2.30. The van der Waals surface area contributed by atoms with Crippen molar-refractivity contribution in [2.45, 2.75) is 22.8 Å². The van der Waals surface area contributed by atoms with E-state index in [1.165, 1.54) is 17.6 Å². The average Bonchev–Trinajstić information content (AvgIpc) is 3.22. The van der Waals surface area contributed by atoms with Crippen LogP contribution >= 0.6 is 34.7 Å². The predicted molar refractivity (Wildman–Crippen MR) is 137 cm³/mol. The lowest BCUT2D eigenvalue weighted by Gasteiger charge is -2.20. The van der Waals surface area contributed by atoms with Gasteiger partial charge in [-0.05, 0) is 48.0 Å². The third-order valence-electron chi connectivity index (χ3n) is 4.89. The summed E-state index contributed by atoms with van der Waals surface area (Å²) in [5.41, 5.74) is 1.66. The molecule has 0 saturated carbocycles. The number of amides is 1. The van der Waals surface area contributed by atoms with Gasteiger partial charge in [0.1, 0.15) is 0 Å². The number of carbonyl (C=O) groups is 1. The van der Waals surface area contributed by atoms with Crippen molar-refractivity contribution in [1.82, 2.24) is 4.98 Å². The molecule has 9 heteroatoms. The summed E-state index contributed by atoms with van der Waals surface area (Å²) in [6.07, 6.45) is 1.52. The molecule has 0 aliphatic carbocycles. The minimum absolute atomic E-state index is 0.0392. The molecule has 33 heavy (non-hydrogen) atoms. The van der Waals surface area contributed by atoms with Crippen LogP contribution in [0.1, 0.15) is 12.0 Å². The molecular formula is C24H21ClN2O3S3. The Labute approximate surface area is 206 Å². The molecular weight excluding hydrogens is 496 g/mol. The van der Waals surface area contributed by atoms with Crippen LogP contribution in [0.5, 0.6) is 0 Å². The zero-order chi connectivity index (χ0) is 23.4. The molecule has 1 amide bonds. The second kappa shape index (κ2) is 10.3. The van der Waals surface area contributed by atoms with E-state index in [9.17, 15) is 13.2 Å². The summed E-state index contributed by atoms with van der Waals surface area (Å²) in [6, 6.07) is 22.1. The number of hydrogen-bond donors (Lipinski definition) is 0. The third-order valence-corrected chi connectivity index (χ3v) is 8.31. The largest absolute Gasteiger partial charge is 0.284 e. The van der Waals surface area contributed by atoms with Gasteiger partial charge in [-0.3, -0.25) is 9.69 Å². The number of nitrogens with zero attached hydrogens (tertiary/aromatic N) is 2. The zero-order valence-electron chi connectivity index (χ0n) is 17.8. The highest BCUT2D eigenvalue weighted by Crippen LogP contribution is 2.32. The molecule has 170 valence electrons. The molecule has 0 N–H and O–H groups in total. The van der Waals surface area contributed by atoms with Crippen LogP contribution in [0.2, 0.25) is 5.02 Å². The van der Waals surface area contributed by atoms with Crippen molar-refractivity contribution in [2.24, 2.45) is 0 Å². The van der Waals surface area contributed by atoms with E-state index in [4.69, 9.17) is 11.6 Å². The van der Waals surface area contributed by atoms with E-state index in [0.29, 0.717) is 34.4 Å². The molecule has 0 atom stereocenters. The molecule has 1 heterocycles. The molecule has 0 radical (unpaired) electrons. The van der Waals surface area contributed by atoms with E-state index in [0.717, 1.165) is 15.2 Å². The fourth-order valence-corrected chi connectivity index (χ4v) is 5.90. The van der Waals surface area contributed by atoms with Gasteiger partial charge in [0.2, 0.25) is 5.91 Å². The number of sulfone groups is 1. The van der Waals surface area contributed by atoms with Crippen molar-refractivity contribution in [1.29, 1.82) is 0 Å². The standard InChI is InChI=1S/C24H21ClN2O3S3/c1-33(29,30)20-11-12-21-22(15-20)32-24(26-21)27(16-17-5-3-2-4-6-17)23(28)13-14-31-19-9-7-18(25)8-10-19/h2-12,15H,13-14,16H2,1H3. The second-order valence-electron chi connectivity index (χ2n) is 7.42. The molecule has 0 aliphatic rings. The summed E-state index contributed by atoms with van der Waals surface area (Å²) in [5.74, 6) is 0.581. The van der Waals surface area contributed by atoms with Gasteiger partial charge in [0.05, 0.1) is 21.7 Å². The minimum Gasteiger partial charge on any atom is -0.284 e. The smallest absolute Gasteiger partial charge is 0.229 e. The highest BCUT2D eigenvalue weighted by molar-refractivity contribution is 7.99. The summed E-state index contributed by atoms with van der Waals surface area (Å²) in [6.45, 7) is 0.393. The Morgan fingerprint density at radius 3 is 2.48 bits per heavy atom. The van der Waals surface area contributed by atoms with Crippen LogP contribution in [-0.4, -0.2) is 31.3 Å². The van der Waals surface area contributed by atoms with E-state index < -0.39 is 9.84 Å². The van der Waals surface area contributed by atoms with Crippen molar-refractivity contribution in [3.05, 3.63) is 83.4 Å². The Morgan fingerprint density at radius 2 is 1.79 bits per heavy atom. The van der Waals surface area contributed by atoms with Gasteiger partial charge in [0.15, 0.2) is 15.0 Å². The molecule has 4 rings (SSSR count). The van der Waals surface area contributed by atoms with Crippen LogP contribution in [0.15, 0.2) is 82.6 Å². The van der Waals surface area contributed by atoms with Gasteiger partial charge < -0.3 is 0 Å². The maximum atomic E-state index is 13.3. The van der Waals surface area contributed by atoms with Crippen LogP contribution in [0, 0.1) is 0 Å². The van der Waals surface area contributed by atoms with Gasteiger partial charge in [-0.2, -0.15) is 0 Å². The number of hydrogen-bond acceptors (Lipinski definition) is 6. The zero-order valence-corrected chi connectivity index (χ0v) is 21.0. The Kier molecular flexibility index (Phi) is 7.38. The van der Waals surface area contributed by atoms with Crippen molar-refractivity contribution in [2.75, 3.05) is 16.9 Å². The van der Waals surface area contributed by atoms with E-state index in [1.54, 1.807) is 34.9 Å². The van der Waals surface area contributed by atoms with Crippen molar-refractivity contribution >= 4 is 65.8 Å². The Balaban J connectivity index is 1.57. The number of carbonyl (C=O) groups excluding carboxylic acids is 1. The first-order chi connectivity index (χ1) is 15.8. The molecule has 0 aliphatic heterocycles. The van der Waals surface area contributed by atoms with Crippen molar-refractivity contribution in [3.63, 3.8) is 0 Å². The molecule has 4 aromatic rings. The topological polar surface area (TPSA) is 67.3 Å². The van der Waals surface area contributed by atoms with Crippen LogP contribution in [0.25, 0.3) is 10.2 Å². The third kappa shape index (κ3) is 6.14.